The average molecular weight is 242 g/mol. The molecule has 0 aromatic heterocycles. The van der Waals surface area contributed by atoms with Gasteiger partial charge in [-0.25, -0.2) is 4.79 Å². The predicted molar refractivity (Wildman–Crippen MR) is 64.4 cm³/mol. The molecule has 4 N–H and O–H groups in total. The summed E-state index contributed by atoms with van der Waals surface area (Å²) in [6.07, 6.45) is 6.22. The normalized spacial score (nSPS) is 20.6. The Hall–Kier alpha value is -1.10. The van der Waals surface area contributed by atoms with Gasteiger partial charge in [-0.2, -0.15) is 0 Å². The van der Waals surface area contributed by atoms with Crippen molar-refractivity contribution in [2.45, 2.75) is 57.5 Å². The van der Waals surface area contributed by atoms with Crippen molar-refractivity contribution in [2.24, 2.45) is 11.7 Å². The number of hydrogen-bond acceptors (Lipinski definition) is 3. The molecule has 1 amide bonds. The van der Waals surface area contributed by atoms with Crippen LogP contribution in [0.4, 0.5) is 0 Å². The molecule has 0 spiro atoms. The molecule has 1 aliphatic carbocycles. The first kappa shape index (κ1) is 14.0. The van der Waals surface area contributed by atoms with Crippen molar-refractivity contribution in [3.05, 3.63) is 0 Å². The number of nitrogens with two attached hydrogens (primary N) is 1. The molecule has 1 fully saturated rings. The van der Waals surface area contributed by atoms with Crippen LogP contribution in [0.1, 0.15) is 45.4 Å². The highest BCUT2D eigenvalue weighted by molar-refractivity contribution is 5.86. The van der Waals surface area contributed by atoms with Gasteiger partial charge in [0.1, 0.15) is 6.04 Å². The topological polar surface area (TPSA) is 92.4 Å². The Morgan fingerprint density at radius 2 is 1.94 bits per heavy atom. The van der Waals surface area contributed by atoms with Crippen LogP contribution < -0.4 is 11.1 Å². The lowest BCUT2D eigenvalue weighted by atomic mass is 9.85. The second kappa shape index (κ2) is 6.59. The fourth-order valence-electron chi connectivity index (χ4n) is 2.28. The number of nitrogens with one attached hydrogen (secondary N) is 1. The van der Waals surface area contributed by atoms with E-state index < -0.39 is 24.0 Å². The SMILES string of the molecule is CC(N)C(=O)NC(CC1CCCCC1)C(=O)O. The lowest BCUT2D eigenvalue weighted by Crippen LogP contribution is -2.48. The molecule has 0 aliphatic heterocycles. The molecule has 1 aliphatic rings. The van der Waals surface area contributed by atoms with E-state index in [0.717, 1.165) is 25.7 Å². The van der Waals surface area contributed by atoms with Crippen LogP contribution in [0.3, 0.4) is 0 Å². The molecular weight excluding hydrogens is 220 g/mol. The summed E-state index contributed by atoms with van der Waals surface area (Å²) in [5, 5.41) is 11.6. The average Bonchev–Trinajstić information content (AvgIpc) is 2.29. The van der Waals surface area contributed by atoms with E-state index in [9.17, 15) is 9.59 Å². The monoisotopic (exact) mass is 242 g/mol. The lowest BCUT2D eigenvalue weighted by Gasteiger charge is -2.25. The molecule has 17 heavy (non-hydrogen) atoms. The summed E-state index contributed by atoms with van der Waals surface area (Å²) in [6, 6.07) is -1.46. The minimum absolute atomic E-state index is 0.395. The molecule has 2 unspecified atom stereocenters. The van der Waals surface area contributed by atoms with E-state index in [-0.39, 0.29) is 0 Å². The molecule has 98 valence electrons. The highest BCUT2D eigenvalue weighted by Crippen LogP contribution is 2.27. The Labute approximate surface area is 102 Å². The third-order valence-corrected chi connectivity index (χ3v) is 3.32. The summed E-state index contributed by atoms with van der Waals surface area (Å²) < 4.78 is 0. The van der Waals surface area contributed by atoms with Gasteiger partial charge in [-0.3, -0.25) is 4.79 Å². The Morgan fingerprint density at radius 1 is 1.35 bits per heavy atom. The van der Waals surface area contributed by atoms with Gasteiger partial charge in [-0.05, 0) is 19.3 Å². The molecule has 5 heteroatoms. The molecule has 1 rings (SSSR count). The number of rotatable bonds is 5. The minimum atomic E-state index is -0.968. The summed E-state index contributed by atoms with van der Waals surface area (Å²) >= 11 is 0. The molecule has 2 atom stereocenters. The van der Waals surface area contributed by atoms with Gasteiger partial charge in [-0.1, -0.05) is 32.1 Å². The van der Waals surface area contributed by atoms with E-state index in [0.29, 0.717) is 12.3 Å². The van der Waals surface area contributed by atoms with Gasteiger partial charge >= 0.3 is 5.97 Å². The molecule has 0 radical (unpaired) electrons. The maximum Gasteiger partial charge on any atom is 0.326 e. The molecule has 0 heterocycles. The van der Waals surface area contributed by atoms with Crippen molar-refractivity contribution in [3.63, 3.8) is 0 Å². The maximum absolute atomic E-state index is 11.4. The third kappa shape index (κ3) is 4.73. The molecular formula is C12H22N2O3. The maximum atomic E-state index is 11.4. The number of carboxylic acid groups (broad SMARTS) is 1. The first-order valence-corrected chi connectivity index (χ1v) is 6.29. The van der Waals surface area contributed by atoms with Gasteiger partial charge < -0.3 is 16.2 Å². The number of carbonyl (C=O) groups is 2. The summed E-state index contributed by atoms with van der Waals surface area (Å²) in [4.78, 5) is 22.5. The molecule has 0 aromatic rings. The summed E-state index contributed by atoms with van der Waals surface area (Å²) in [6.45, 7) is 1.55. The lowest BCUT2D eigenvalue weighted by molar-refractivity contribution is -0.142. The Bertz CT molecular complexity index is 273. The number of aliphatic carboxylic acids is 1. The highest BCUT2D eigenvalue weighted by atomic mass is 16.4. The van der Waals surface area contributed by atoms with Crippen LogP contribution in [0, 0.1) is 5.92 Å². The zero-order valence-corrected chi connectivity index (χ0v) is 10.3. The van der Waals surface area contributed by atoms with Gasteiger partial charge in [0.25, 0.3) is 0 Å². The first-order valence-electron chi connectivity index (χ1n) is 6.29. The van der Waals surface area contributed by atoms with Crippen molar-refractivity contribution >= 4 is 11.9 Å². The van der Waals surface area contributed by atoms with Crippen molar-refractivity contribution in [1.29, 1.82) is 0 Å². The predicted octanol–water partition coefficient (Wildman–Crippen LogP) is 0.873. The number of carbonyl (C=O) groups excluding carboxylic acids is 1. The second-order valence-electron chi connectivity index (χ2n) is 4.93. The summed E-state index contributed by atoms with van der Waals surface area (Å²) in [5.74, 6) is -0.948. The molecule has 0 aromatic carbocycles. The van der Waals surface area contributed by atoms with E-state index in [4.69, 9.17) is 10.8 Å². The van der Waals surface area contributed by atoms with Crippen molar-refractivity contribution in [2.75, 3.05) is 0 Å². The van der Waals surface area contributed by atoms with Crippen LogP contribution >= 0.6 is 0 Å². The zero-order chi connectivity index (χ0) is 12.8. The fraction of sp³-hybridized carbons (Fsp3) is 0.833. The van der Waals surface area contributed by atoms with E-state index in [1.165, 1.54) is 6.42 Å². The molecule has 0 saturated heterocycles. The summed E-state index contributed by atoms with van der Waals surface area (Å²) in [5.41, 5.74) is 5.41. The Kier molecular flexibility index (Phi) is 5.41. The first-order chi connectivity index (χ1) is 8.00. The van der Waals surface area contributed by atoms with Gasteiger partial charge in [0, 0.05) is 0 Å². The second-order valence-corrected chi connectivity index (χ2v) is 4.93. The van der Waals surface area contributed by atoms with Crippen LogP contribution in [-0.2, 0) is 9.59 Å². The third-order valence-electron chi connectivity index (χ3n) is 3.32. The zero-order valence-electron chi connectivity index (χ0n) is 10.3. The number of hydrogen-bond donors (Lipinski definition) is 3. The number of carboxylic acids is 1. The van der Waals surface area contributed by atoms with E-state index in [1.54, 1.807) is 6.92 Å². The van der Waals surface area contributed by atoms with Crippen molar-refractivity contribution in [1.82, 2.24) is 5.32 Å². The quantitative estimate of drug-likeness (QED) is 0.667. The van der Waals surface area contributed by atoms with E-state index in [1.807, 2.05) is 0 Å². The standard InChI is InChI=1S/C12H22N2O3/c1-8(13)11(15)14-10(12(16)17)7-9-5-3-2-4-6-9/h8-10H,2-7,13H2,1H3,(H,14,15)(H,16,17). The largest absolute Gasteiger partial charge is 0.480 e. The highest BCUT2D eigenvalue weighted by Gasteiger charge is 2.26. The fourth-order valence-corrected chi connectivity index (χ4v) is 2.28. The van der Waals surface area contributed by atoms with E-state index in [2.05, 4.69) is 5.32 Å². The summed E-state index contributed by atoms with van der Waals surface area (Å²) in [7, 11) is 0. The Morgan fingerprint density at radius 3 is 2.41 bits per heavy atom. The van der Waals surface area contributed by atoms with Crippen molar-refractivity contribution in [3.8, 4) is 0 Å². The van der Waals surface area contributed by atoms with Crippen LogP contribution in [-0.4, -0.2) is 29.1 Å². The van der Waals surface area contributed by atoms with Gasteiger partial charge in [0.2, 0.25) is 5.91 Å². The minimum Gasteiger partial charge on any atom is -0.480 e. The van der Waals surface area contributed by atoms with Gasteiger partial charge in [0.15, 0.2) is 0 Å². The van der Waals surface area contributed by atoms with Gasteiger partial charge in [0.05, 0.1) is 6.04 Å². The van der Waals surface area contributed by atoms with Crippen LogP contribution in [0.2, 0.25) is 0 Å². The number of amides is 1. The van der Waals surface area contributed by atoms with Crippen LogP contribution in [0.5, 0.6) is 0 Å². The smallest absolute Gasteiger partial charge is 0.326 e. The van der Waals surface area contributed by atoms with Crippen LogP contribution in [0.25, 0.3) is 0 Å². The molecule has 0 bridgehead atoms. The molecule has 5 nitrogen and oxygen atoms in total. The van der Waals surface area contributed by atoms with E-state index >= 15 is 0 Å². The van der Waals surface area contributed by atoms with Gasteiger partial charge in [-0.15, -0.1) is 0 Å². The van der Waals surface area contributed by atoms with Crippen molar-refractivity contribution < 1.29 is 14.7 Å². The van der Waals surface area contributed by atoms with Crippen LogP contribution in [0.15, 0.2) is 0 Å². The Balaban J connectivity index is 2.47. The molecule has 1 saturated carbocycles.